The highest BCUT2D eigenvalue weighted by atomic mass is 35.5. The van der Waals surface area contributed by atoms with Crippen molar-refractivity contribution in [3.05, 3.63) is 45.7 Å². The molecule has 0 atom stereocenters. The first-order valence-electron chi connectivity index (χ1n) is 9.98. The number of hydrogen-bond donors (Lipinski definition) is 2. The predicted octanol–water partition coefficient (Wildman–Crippen LogP) is 5.11. The number of carbonyl (C=O) groups is 1. The van der Waals surface area contributed by atoms with Gasteiger partial charge in [0.25, 0.3) is 5.91 Å². The number of benzene rings is 1. The third-order valence-electron chi connectivity index (χ3n) is 5.80. The Morgan fingerprint density at radius 3 is 2.47 bits per heavy atom. The van der Waals surface area contributed by atoms with Gasteiger partial charge in [0.1, 0.15) is 0 Å². The van der Waals surface area contributed by atoms with Crippen LogP contribution in [0.1, 0.15) is 53.0 Å². The Morgan fingerprint density at radius 1 is 1.23 bits per heavy atom. The van der Waals surface area contributed by atoms with E-state index in [-0.39, 0.29) is 16.6 Å². The van der Waals surface area contributed by atoms with E-state index in [1.807, 2.05) is 25.6 Å². The predicted molar refractivity (Wildman–Crippen MR) is 111 cm³/mol. The first-order valence-corrected chi connectivity index (χ1v) is 10.4. The molecule has 1 aromatic heterocycles. The summed E-state index contributed by atoms with van der Waals surface area (Å²) in [5.74, 6) is -0.0939. The third kappa shape index (κ3) is 5.09. The summed E-state index contributed by atoms with van der Waals surface area (Å²) < 4.78 is 40.6. The monoisotopic (exact) mass is 442 g/mol. The molecule has 2 aromatic rings. The average Bonchev–Trinajstić information content (AvgIpc) is 2.92. The van der Waals surface area contributed by atoms with Crippen LogP contribution in [0, 0.1) is 19.8 Å². The molecule has 0 saturated heterocycles. The SMILES string of the molecule is Cc1nn(C)c(C)c1NC[C@H]1CC[C@H](NC(=O)c2cc(C(F)(F)F)ccc2Cl)CC1. The van der Waals surface area contributed by atoms with E-state index >= 15 is 0 Å². The first kappa shape index (κ1) is 22.5. The highest BCUT2D eigenvalue weighted by Gasteiger charge is 2.32. The lowest BCUT2D eigenvalue weighted by molar-refractivity contribution is -0.137. The Hall–Kier alpha value is -2.22. The molecular weight excluding hydrogens is 417 g/mol. The van der Waals surface area contributed by atoms with E-state index in [1.165, 1.54) is 0 Å². The molecule has 1 fully saturated rings. The number of alkyl halides is 3. The second kappa shape index (κ2) is 8.88. The van der Waals surface area contributed by atoms with Crippen molar-refractivity contribution in [2.24, 2.45) is 13.0 Å². The molecule has 0 aliphatic heterocycles. The standard InChI is InChI=1S/C21H26ClF3N4O/c1-12-19(13(2)29(3)28-12)26-11-14-4-7-16(8-5-14)27-20(30)17-10-15(21(23,24)25)6-9-18(17)22/h6,9-10,14,16,26H,4-5,7-8,11H2,1-3H3,(H,27,30)/t14-,16-. The van der Waals surface area contributed by atoms with Gasteiger partial charge in [0.15, 0.2) is 0 Å². The molecule has 1 amide bonds. The normalized spacial score (nSPS) is 19.6. The number of halogens is 4. The second-order valence-corrected chi connectivity index (χ2v) is 8.34. The largest absolute Gasteiger partial charge is 0.416 e. The van der Waals surface area contributed by atoms with Gasteiger partial charge in [0, 0.05) is 19.6 Å². The maximum atomic E-state index is 12.9. The maximum Gasteiger partial charge on any atom is 0.416 e. The van der Waals surface area contributed by atoms with Crippen LogP contribution in [0.3, 0.4) is 0 Å². The van der Waals surface area contributed by atoms with Crippen LogP contribution in [0.15, 0.2) is 18.2 Å². The van der Waals surface area contributed by atoms with Gasteiger partial charge in [0.2, 0.25) is 0 Å². The van der Waals surface area contributed by atoms with Gasteiger partial charge in [-0.15, -0.1) is 0 Å². The van der Waals surface area contributed by atoms with Gasteiger partial charge in [-0.2, -0.15) is 18.3 Å². The molecule has 0 bridgehead atoms. The highest BCUT2D eigenvalue weighted by molar-refractivity contribution is 6.33. The van der Waals surface area contributed by atoms with Crippen molar-refractivity contribution in [3.8, 4) is 0 Å². The quantitative estimate of drug-likeness (QED) is 0.676. The van der Waals surface area contributed by atoms with Crippen LogP contribution >= 0.6 is 11.6 Å². The number of anilines is 1. The lowest BCUT2D eigenvalue weighted by Gasteiger charge is -2.29. The second-order valence-electron chi connectivity index (χ2n) is 7.93. The highest BCUT2D eigenvalue weighted by Crippen LogP contribution is 2.32. The van der Waals surface area contributed by atoms with Crippen molar-refractivity contribution in [2.75, 3.05) is 11.9 Å². The zero-order valence-electron chi connectivity index (χ0n) is 17.2. The van der Waals surface area contributed by atoms with E-state index in [0.717, 1.165) is 67.5 Å². The van der Waals surface area contributed by atoms with Gasteiger partial charge >= 0.3 is 6.18 Å². The van der Waals surface area contributed by atoms with Gasteiger partial charge in [-0.1, -0.05) is 11.6 Å². The molecule has 30 heavy (non-hydrogen) atoms. The molecule has 3 rings (SSSR count). The molecule has 9 heteroatoms. The topological polar surface area (TPSA) is 59.0 Å². The number of nitrogens with one attached hydrogen (secondary N) is 2. The van der Waals surface area contributed by atoms with Crippen molar-refractivity contribution < 1.29 is 18.0 Å². The Morgan fingerprint density at radius 2 is 1.90 bits per heavy atom. The van der Waals surface area contributed by atoms with Crippen LogP contribution in [-0.4, -0.2) is 28.3 Å². The zero-order valence-corrected chi connectivity index (χ0v) is 18.0. The lowest BCUT2D eigenvalue weighted by atomic mass is 9.85. The Balaban J connectivity index is 1.53. The summed E-state index contributed by atoms with van der Waals surface area (Å²) in [4.78, 5) is 12.5. The van der Waals surface area contributed by atoms with E-state index in [1.54, 1.807) is 0 Å². The molecule has 1 saturated carbocycles. The van der Waals surface area contributed by atoms with Gasteiger partial charge in [-0.25, -0.2) is 0 Å². The van der Waals surface area contributed by atoms with Crippen LogP contribution < -0.4 is 10.6 Å². The van der Waals surface area contributed by atoms with Gasteiger partial charge in [-0.05, 0) is 63.6 Å². The summed E-state index contributed by atoms with van der Waals surface area (Å²) in [5.41, 5.74) is 2.10. The fraction of sp³-hybridized carbons (Fsp3) is 0.524. The number of aromatic nitrogens is 2. The summed E-state index contributed by atoms with van der Waals surface area (Å²) >= 11 is 5.97. The Bertz CT molecular complexity index is 918. The van der Waals surface area contributed by atoms with Crippen molar-refractivity contribution >= 4 is 23.2 Å². The fourth-order valence-electron chi connectivity index (χ4n) is 3.93. The zero-order chi connectivity index (χ0) is 22.1. The summed E-state index contributed by atoms with van der Waals surface area (Å²) in [6.45, 7) is 4.82. The molecule has 0 spiro atoms. The van der Waals surface area contributed by atoms with Crippen LogP contribution in [0.4, 0.5) is 18.9 Å². The first-order chi connectivity index (χ1) is 14.1. The lowest BCUT2D eigenvalue weighted by Crippen LogP contribution is -2.38. The summed E-state index contributed by atoms with van der Waals surface area (Å²) in [6, 6.07) is 2.74. The van der Waals surface area contributed by atoms with Crippen LogP contribution in [0.25, 0.3) is 0 Å². The summed E-state index contributed by atoms with van der Waals surface area (Å²) in [7, 11) is 1.91. The Labute approximate surface area is 179 Å². The van der Waals surface area contributed by atoms with Gasteiger partial charge < -0.3 is 10.6 Å². The minimum absolute atomic E-state index is 0.0144. The van der Waals surface area contributed by atoms with E-state index in [0.29, 0.717) is 5.92 Å². The van der Waals surface area contributed by atoms with Gasteiger partial charge in [0.05, 0.1) is 33.2 Å². The molecule has 164 valence electrons. The number of nitrogens with zero attached hydrogens (tertiary/aromatic N) is 2. The summed E-state index contributed by atoms with van der Waals surface area (Å²) in [6.07, 6.45) is -1.12. The van der Waals surface area contributed by atoms with Crippen molar-refractivity contribution in [3.63, 3.8) is 0 Å². The molecule has 1 aliphatic carbocycles. The Kier molecular flexibility index (Phi) is 6.65. The maximum absolute atomic E-state index is 12.9. The molecule has 2 N–H and O–H groups in total. The molecule has 0 radical (unpaired) electrons. The van der Waals surface area contributed by atoms with E-state index in [4.69, 9.17) is 11.6 Å². The third-order valence-corrected chi connectivity index (χ3v) is 6.13. The molecule has 0 unspecified atom stereocenters. The summed E-state index contributed by atoms with van der Waals surface area (Å²) in [5, 5.41) is 10.7. The van der Waals surface area contributed by atoms with Crippen molar-refractivity contribution in [1.82, 2.24) is 15.1 Å². The van der Waals surface area contributed by atoms with Crippen LogP contribution in [0.5, 0.6) is 0 Å². The van der Waals surface area contributed by atoms with E-state index in [9.17, 15) is 18.0 Å². The van der Waals surface area contributed by atoms with E-state index in [2.05, 4.69) is 15.7 Å². The number of aryl methyl sites for hydroxylation is 2. The number of hydrogen-bond acceptors (Lipinski definition) is 3. The molecule has 1 aliphatic rings. The minimum atomic E-state index is -4.52. The minimum Gasteiger partial charge on any atom is -0.382 e. The van der Waals surface area contributed by atoms with E-state index < -0.39 is 17.6 Å². The number of carbonyl (C=O) groups excluding carboxylic acids is 1. The smallest absolute Gasteiger partial charge is 0.382 e. The van der Waals surface area contributed by atoms with Crippen LogP contribution in [-0.2, 0) is 13.2 Å². The number of amides is 1. The van der Waals surface area contributed by atoms with Gasteiger partial charge in [-0.3, -0.25) is 9.48 Å². The fourth-order valence-corrected chi connectivity index (χ4v) is 4.13. The van der Waals surface area contributed by atoms with Crippen LogP contribution in [0.2, 0.25) is 5.02 Å². The number of rotatable bonds is 5. The van der Waals surface area contributed by atoms with Crippen molar-refractivity contribution in [2.45, 2.75) is 51.7 Å². The van der Waals surface area contributed by atoms with Crippen molar-refractivity contribution in [1.29, 1.82) is 0 Å². The average molecular weight is 443 g/mol. The molecule has 1 heterocycles. The molecule has 5 nitrogen and oxygen atoms in total. The molecular formula is C21H26ClF3N4O. The molecule has 1 aromatic carbocycles.